The number of rotatable bonds is 6. The third-order valence-corrected chi connectivity index (χ3v) is 5.49. The smallest absolute Gasteiger partial charge is 0.291 e. The van der Waals surface area contributed by atoms with Crippen molar-refractivity contribution in [3.05, 3.63) is 74.5 Å². The molecule has 0 radical (unpaired) electrons. The fourth-order valence-corrected chi connectivity index (χ4v) is 3.87. The molecule has 0 N–H and O–H groups in total. The van der Waals surface area contributed by atoms with E-state index >= 15 is 0 Å². The van der Waals surface area contributed by atoms with Gasteiger partial charge in [-0.2, -0.15) is 9.50 Å². The van der Waals surface area contributed by atoms with Crippen molar-refractivity contribution in [2.24, 2.45) is 0 Å². The predicted octanol–water partition coefficient (Wildman–Crippen LogP) is 3.85. The van der Waals surface area contributed by atoms with E-state index in [2.05, 4.69) is 17.0 Å². The van der Waals surface area contributed by atoms with Gasteiger partial charge in [0.25, 0.3) is 5.56 Å². The molecule has 5 nitrogen and oxygen atoms in total. The first-order chi connectivity index (χ1) is 13.7. The fourth-order valence-electron chi connectivity index (χ4n) is 2.97. The van der Waals surface area contributed by atoms with Gasteiger partial charge < -0.3 is 4.74 Å². The van der Waals surface area contributed by atoms with Gasteiger partial charge in [-0.1, -0.05) is 67.1 Å². The lowest BCUT2D eigenvalue weighted by molar-refractivity contribution is 0.309. The van der Waals surface area contributed by atoms with Crippen LogP contribution in [0.1, 0.15) is 30.9 Å². The third kappa shape index (κ3) is 3.55. The molecular formula is C22H21N3O2S. The summed E-state index contributed by atoms with van der Waals surface area (Å²) in [5.41, 5.74) is 2.76. The van der Waals surface area contributed by atoms with Gasteiger partial charge in [0.15, 0.2) is 5.82 Å². The van der Waals surface area contributed by atoms with Gasteiger partial charge in [0.2, 0.25) is 4.96 Å². The summed E-state index contributed by atoms with van der Waals surface area (Å²) < 4.78 is 7.85. The van der Waals surface area contributed by atoms with Crippen LogP contribution >= 0.6 is 11.3 Å². The minimum atomic E-state index is -0.157. The van der Waals surface area contributed by atoms with Crippen LogP contribution in [0.4, 0.5) is 0 Å². The van der Waals surface area contributed by atoms with Crippen LogP contribution in [-0.2, 0) is 0 Å². The molecule has 4 aromatic rings. The lowest BCUT2D eigenvalue weighted by Crippen LogP contribution is -2.23. The van der Waals surface area contributed by atoms with Crippen LogP contribution in [0.25, 0.3) is 22.4 Å². The molecule has 0 unspecified atom stereocenters. The van der Waals surface area contributed by atoms with Gasteiger partial charge in [0.05, 0.1) is 11.1 Å². The van der Waals surface area contributed by atoms with Crippen LogP contribution < -0.4 is 14.8 Å². The van der Waals surface area contributed by atoms with E-state index in [9.17, 15) is 4.79 Å². The number of hydrogen-bond acceptors (Lipinski definition) is 5. The zero-order valence-corrected chi connectivity index (χ0v) is 16.7. The summed E-state index contributed by atoms with van der Waals surface area (Å²) in [6, 6.07) is 15.7. The zero-order valence-electron chi connectivity index (χ0n) is 15.9. The SMILES string of the molecule is CCCCOc1ccccc1C=c1sc2nc(-c3ccccc3C)nn2c1=O. The number of thiazole rings is 1. The van der Waals surface area contributed by atoms with Crippen molar-refractivity contribution in [3.8, 4) is 17.1 Å². The highest BCUT2D eigenvalue weighted by Gasteiger charge is 2.13. The second-order valence-electron chi connectivity index (χ2n) is 6.60. The van der Waals surface area contributed by atoms with Crippen LogP contribution in [0.5, 0.6) is 5.75 Å². The van der Waals surface area contributed by atoms with Crippen LogP contribution in [0.3, 0.4) is 0 Å². The number of aryl methyl sites for hydroxylation is 1. The zero-order chi connectivity index (χ0) is 19.5. The third-order valence-electron chi connectivity index (χ3n) is 4.53. The summed E-state index contributed by atoms with van der Waals surface area (Å²) in [5, 5.41) is 4.44. The Morgan fingerprint density at radius 3 is 2.71 bits per heavy atom. The number of unbranched alkanes of at least 4 members (excludes halogenated alkanes) is 1. The minimum Gasteiger partial charge on any atom is -0.493 e. The maximum atomic E-state index is 12.8. The average molecular weight is 391 g/mol. The Morgan fingerprint density at radius 1 is 1.14 bits per heavy atom. The van der Waals surface area contributed by atoms with E-state index in [0.29, 0.717) is 21.9 Å². The summed E-state index contributed by atoms with van der Waals surface area (Å²) in [7, 11) is 0. The van der Waals surface area contributed by atoms with E-state index in [1.54, 1.807) is 0 Å². The van der Waals surface area contributed by atoms with Crippen molar-refractivity contribution in [2.75, 3.05) is 6.61 Å². The molecule has 0 aliphatic carbocycles. The number of benzene rings is 2. The fraction of sp³-hybridized carbons (Fsp3) is 0.227. The summed E-state index contributed by atoms with van der Waals surface area (Å²) in [5.74, 6) is 1.37. The highest BCUT2D eigenvalue weighted by Crippen LogP contribution is 2.21. The number of aromatic nitrogens is 3. The Hall–Kier alpha value is -2.99. The second kappa shape index (κ2) is 7.94. The Kier molecular flexibility index (Phi) is 5.21. The minimum absolute atomic E-state index is 0.157. The molecule has 0 amide bonds. The first-order valence-corrected chi connectivity index (χ1v) is 10.2. The first-order valence-electron chi connectivity index (χ1n) is 9.36. The predicted molar refractivity (Wildman–Crippen MR) is 113 cm³/mol. The van der Waals surface area contributed by atoms with Crippen molar-refractivity contribution in [1.82, 2.24) is 14.6 Å². The number of fused-ring (bicyclic) bond motifs is 1. The highest BCUT2D eigenvalue weighted by molar-refractivity contribution is 7.15. The molecule has 6 heteroatoms. The van der Waals surface area contributed by atoms with Gasteiger partial charge in [0.1, 0.15) is 5.75 Å². The second-order valence-corrected chi connectivity index (χ2v) is 7.61. The number of nitrogens with zero attached hydrogens (tertiary/aromatic N) is 3. The summed E-state index contributed by atoms with van der Waals surface area (Å²) in [6.07, 6.45) is 3.94. The number of para-hydroxylation sites is 1. The van der Waals surface area contributed by atoms with Gasteiger partial charge >= 0.3 is 0 Å². The van der Waals surface area contributed by atoms with Crippen molar-refractivity contribution in [1.29, 1.82) is 0 Å². The Labute approximate surface area is 166 Å². The quantitative estimate of drug-likeness (QED) is 0.469. The van der Waals surface area contributed by atoms with Gasteiger partial charge in [-0.3, -0.25) is 4.79 Å². The first kappa shape index (κ1) is 18.4. The van der Waals surface area contributed by atoms with Crippen LogP contribution in [0.15, 0.2) is 53.3 Å². The lowest BCUT2D eigenvalue weighted by Gasteiger charge is -2.07. The summed E-state index contributed by atoms with van der Waals surface area (Å²) in [4.78, 5) is 18.0. The molecule has 2 aromatic heterocycles. The van der Waals surface area contributed by atoms with E-state index in [4.69, 9.17) is 4.74 Å². The van der Waals surface area contributed by atoms with Gasteiger partial charge in [-0.15, -0.1) is 5.10 Å². The normalized spacial score (nSPS) is 12.0. The molecule has 0 atom stereocenters. The molecule has 142 valence electrons. The van der Waals surface area contributed by atoms with Crippen molar-refractivity contribution < 1.29 is 4.74 Å². The Bertz CT molecular complexity index is 1230. The van der Waals surface area contributed by atoms with Crippen molar-refractivity contribution >= 4 is 22.4 Å². The molecule has 0 bridgehead atoms. The Morgan fingerprint density at radius 2 is 1.93 bits per heavy atom. The van der Waals surface area contributed by atoms with E-state index in [1.807, 2.05) is 61.5 Å². The Balaban J connectivity index is 1.73. The average Bonchev–Trinajstić information content (AvgIpc) is 3.23. The number of ether oxygens (including phenoxy) is 1. The molecule has 2 heterocycles. The highest BCUT2D eigenvalue weighted by atomic mass is 32.1. The van der Waals surface area contributed by atoms with Crippen molar-refractivity contribution in [2.45, 2.75) is 26.7 Å². The lowest BCUT2D eigenvalue weighted by atomic mass is 10.1. The van der Waals surface area contributed by atoms with Gasteiger partial charge in [-0.05, 0) is 31.1 Å². The van der Waals surface area contributed by atoms with Crippen LogP contribution in [-0.4, -0.2) is 21.2 Å². The summed E-state index contributed by atoms with van der Waals surface area (Å²) >= 11 is 1.34. The summed E-state index contributed by atoms with van der Waals surface area (Å²) in [6.45, 7) is 4.81. The molecule has 28 heavy (non-hydrogen) atoms. The van der Waals surface area contributed by atoms with Crippen LogP contribution in [0, 0.1) is 6.92 Å². The molecule has 0 aliphatic rings. The maximum Gasteiger partial charge on any atom is 0.291 e. The molecule has 0 saturated heterocycles. The van der Waals surface area contributed by atoms with Gasteiger partial charge in [-0.25, -0.2) is 0 Å². The van der Waals surface area contributed by atoms with Crippen LogP contribution in [0.2, 0.25) is 0 Å². The van der Waals surface area contributed by atoms with E-state index in [0.717, 1.165) is 35.3 Å². The molecule has 4 rings (SSSR count). The molecule has 0 aliphatic heterocycles. The van der Waals surface area contributed by atoms with Gasteiger partial charge in [0, 0.05) is 11.1 Å². The van der Waals surface area contributed by atoms with E-state index in [-0.39, 0.29) is 5.56 Å². The topological polar surface area (TPSA) is 56.5 Å². The van der Waals surface area contributed by atoms with Crippen molar-refractivity contribution in [3.63, 3.8) is 0 Å². The monoisotopic (exact) mass is 391 g/mol. The largest absolute Gasteiger partial charge is 0.493 e. The molecule has 0 spiro atoms. The number of hydrogen-bond donors (Lipinski definition) is 0. The molecule has 0 fully saturated rings. The van der Waals surface area contributed by atoms with E-state index in [1.165, 1.54) is 15.9 Å². The van der Waals surface area contributed by atoms with E-state index < -0.39 is 0 Å². The molecule has 0 saturated carbocycles. The standard InChI is InChI=1S/C22H21N3O2S/c1-3-4-13-27-18-12-8-6-10-16(18)14-19-21(26)25-22(28-19)23-20(24-25)17-11-7-5-9-15(17)2/h5-12,14H,3-4,13H2,1-2H3. The molecule has 2 aromatic carbocycles. The maximum absolute atomic E-state index is 12.8. The molecular weight excluding hydrogens is 370 g/mol.